The largest absolute Gasteiger partial charge is 0.381 e. The Labute approximate surface area is 120 Å². The van der Waals surface area contributed by atoms with Gasteiger partial charge in [-0.1, -0.05) is 6.92 Å². The number of thiazole rings is 1. The van der Waals surface area contributed by atoms with Gasteiger partial charge >= 0.3 is 0 Å². The second-order valence-electron chi connectivity index (χ2n) is 5.15. The van der Waals surface area contributed by atoms with Gasteiger partial charge < -0.3 is 15.0 Å². The lowest BCUT2D eigenvalue weighted by Gasteiger charge is -2.30. The molecule has 19 heavy (non-hydrogen) atoms. The van der Waals surface area contributed by atoms with Crippen LogP contribution in [0.1, 0.15) is 44.8 Å². The van der Waals surface area contributed by atoms with E-state index >= 15 is 0 Å². The highest BCUT2D eigenvalue weighted by atomic mass is 32.1. The van der Waals surface area contributed by atoms with Gasteiger partial charge in [-0.3, -0.25) is 0 Å². The minimum atomic E-state index is 0.349. The Hall–Kier alpha value is -0.650. The molecule has 2 rings (SSSR count). The summed E-state index contributed by atoms with van der Waals surface area (Å²) in [4.78, 5) is 7.16. The van der Waals surface area contributed by atoms with Crippen LogP contribution in [0.3, 0.4) is 0 Å². The number of hydrogen-bond acceptors (Lipinski definition) is 5. The number of hydrogen-bond donors (Lipinski definition) is 1. The van der Waals surface area contributed by atoms with E-state index in [0.717, 1.165) is 44.0 Å². The first kappa shape index (κ1) is 14.8. The first-order valence-corrected chi connectivity index (χ1v) is 8.09. The predicted molar refractivity (Wildman–Crippen MR) is 81.1 cm³/mol. The van der Waals surface area contributed by atoms with Crippen LogP contribution in [-0.4, -0.2) is 37.8 Å². The molecule has 5 heteroatoms. The SMILES string of the molecule is CCCNC(C)c1csc(N2CCC(OC)CC2)n1. The molecule has 1 unspecified atom stereocenters. The fourth-order valence-electron chi connectivity index (χ4n) is 2.37. The van der Waals surface area contributed by atoms with Gasteiger partial charge in [0.2, 0.25) is 0 Å². The number of rotatable bonds is 6. The van der Waals surface area contributed by atoms with Crippen molar-refractivity contribution in [1.82, 2.24) is 10.3 Å². The van der Waals surface area contributed by atoms with Crippen LogP contribution in [0.4, 0.5) is 5.13 Å². The molecule has 0 amide bonds. The van der Waals surface area contributed by atoms with Crippen LogP contribution in [0.2, 0.25) is 0 Å². The highest BCUT2D eigenvalue weighted by Gasteiger charge is 2.21. The number of piperidine rings is 1. The summed E-state index contributed by atoms with van der Waals surface area (Å²) in [5.74, 6) is 0. The zero-order valence-corrected chi connectivity index (χ0v) is 13.0. The summed E-state index contributed by atoms with van der Waals surface area (Å²) in [7, 11) is 1.81. The Morgan fingerprint density at radius 2 is 2.26 bits per heavy atom. The van der Waals surface area contributed by atoms with E-state index in [1.165, 1.54) is 5.69 Å². The van der Waals surface area contributed by atoms with Crippen LogP contribution in [0.5, 0.6) is 0 Å². The van der Waals surface area contributed by atoms with Gasteiger partial charge in [-0.2, -0.15) is 0 Å². The minimum Gasteiger partial charge on any atom is -0.381 e. The molecule has 1 aliphatic rings. The van der Waals surface area contributed by atoms with Crippen molar-refractivity contribution >= 4 is 16.5 Å². The van der Waals surface area contributed by atoms with E-state index in [2.05, 4.69) is 29.4 Å². The highest BCUT2D eigenvalue weighted by molar-refractivity contribution is 7.13. The maximum Gasteiger partial charge on any atom is 0.185 e. The Kier molecular flexibility index (Phi) is 5.60. The summed E-state index contributed by atoms with van der Waals surface area (Å²) in [6, 6.07) is 0.349. The third kappa shape index (κ3) is 3.91. The maximum atomic E-state index is 5.41. The second-order valence-corrected chi connectivity index (χ2v) is 5.99. The van der Waals surface area contributed by atoms with Crippen molar-refractivity contribution in [3.63, 3.8) is 0 Å². The molecule has 1 aliphatic heterocycles. The van der Waals surface area contributed by atoms with Crippen molar-refractivity contribution in [1.29, 1.82) is 0 Å². The van der Waals surface area contributed by atoms with Crippen molar-refractivity contribution in [3.05, 3.63) is 11.1 Å². The van der Waals surface area contributed by atoms with Crippen molar-refractivity contribution in [2.45, 2.75) is 45.3 Å². The molecule has 1 aromatic rings. The quantitative estimate of drug-likeness (QED) is 0.871. The Morgan fingerprint density at radius 3 is 2.89 bits per heavy atom. The molecule has 1 saturated heterocycles. The summed E-state index contributed by atoms with van der Waals surface area (Å²) >= 11 is 1.76. The van der Waals surface area contributed by atoms with E-state index in [1.807, 2.05) is 7.11 Å². The number of methoxy groups -OCH3 is 1. The fraction of sp³-hybridized carbons (Fsp3) is 0.786. The topological polar surface area (TPSA) is 37.4 Å². The van der Waals surface area contributed by atoms with Gasteiger partial charge in [0.1, 0.15) is 0 Å². The maximum absolute atomic E-state index is 5.41. The first-order chi connectivity index (χ1) is 9.24. The molecule has 108 valence electrons. The summed E-state index contributed by atoms with van der Waals surface area (Å²) in [5, 5.41) is 6.83. The number of anilines is 1. The molecule has 1 atom stereocenters. The van der Waals surface area contributed by atoms with Crippen molar-refractivity contribution in [2.75, 3.05) is 31.6 Å². The summed E-state index contributed by atoms with van der Waals surface area (Å²) < 4.78 is 5.41. The third-order valence-corrected chi connectivity index (χ3v) is 4.62. The zero-order valence-electron chi connectivity index (χ0n) is 12.2. The molecule has 0 spiro atoms. The second kappa shape index (κ2) is 7.22. The normalized spacial score (nSPS) is 18.8. The zero-order chi connectivity index (χ0) is 13.7. The molecule has 1 N–H and O–H groups in total. The molecule has 4 nitrogen and oxygen atoms in total. The molecule has 2 heterocycles. The lowest BCUT2D eigenvalue weighted by Crippen LogP contribution is -2.36. The number of aromatic nitrogens is 1. The van der Waals surface area contributed by atoms with Gasteiger partial charge in [0.25, 0.3) is 0 Å². The van der Waals surface area contributed by atoms with Crippen LogP contribution in [0, 0.1) is 0 Å². The Bertz CT molecular complexity index is 375. The van der Waals surface area contributed by atoms with Gasteiger partial charge in [-0.05, 0) is 32.7 Å². The Morgan fingerprint density at radius 1 is 1.53 bits per heavy atom. The van der Waals surface area contributed by atoms with E-state index in [4.69, 9.17) is 9.72 Å². The average molecular weight is 283 g/mol. The van der Waals surface area contributed by atoms with E-state index in [1.54, 1.807) is 11.3 Å². The van der Waals surface area contributed by atoms with Gasteiger partial charge in [-0.15, -0.1) is 11.3 Å². The summed E-state index contributed by atoms with van der Waals surface area (Å²) in [6.45, 7) is 7.54. The van der Waals surface area contributed by atoms with Gasteiger partial charge in [0.05, 0.1) is 11.8 Å². The van der Waals surface area contributed by atoms with Crippen LogP contribution in [0.25, 0.3) is 0 Å². The number of nitrogens with one attached hydrogen (secondary N) is 1. The third-order valence-electron chi connectivity index (χ3n) is 3.70. The van der Waals surface area contributed by atoms with Gasteiger partial charge in [-0.25, -0.2) is 4.98 Å². The first-order valence-electron chi connectivity index (χ1n) is 7.21. The molecule has 0 radical (unpaired) electrons. The molecule has 1 fully saturated rings. The molecular formula is C14H25N3OS. The smallest absolute Gasteiger partial charge is 0.185 e. The average Bonchev–Trinajstić information content (AvgIpc) is 2.94. The lowest BCUT2D eigenvalue weighted by atomic mass is 10.1. The van der Waals surface area contributed by atoms with E-state index in [9.17, 15) is 0 Å². The van der Waals surface area contributed by atoms with Crippen LogP contribution in [-0.2, 0) is 4.74 Å². The molecule has 0 bridgehead atoms. The monoisotopic (exact) mass is 283 g/mol. The van der Waals surface area contributed by atoms with Crippen LogP contribution in [0.15, 0.2) is 5.38 Å². The van der Waals surface area contributed by atoms with Crippen LogP contribution >= 0.6 is 11.3 Å². The number of ether oxygens (including phenoxy) is 1. The predicted octanol–water partition coefficient (Wildman–Crippen LogP) is 2.82. The number of nitrogens with zero attached hydrogens (tertiary/aromatic N) is 2. The van der Waals surface area contributed by atoms with Crippen LogP contribution < -0.4 is 10.2 Å². The molecule has 1 aromatic heterocycles. The Balaban J connectivity index is 1.90. The van der Waals surface area contributed by atoms with E-state index < -0.39 is 0 Å². The molecule has 0 aliphatic carbocycles. The lowest BCUT2D eigenvalue weighted by molar-refractivity contribution is 0.0819. The minimum absolute atomic E-state index is 0.349. The standard InChI is InChI=1S/C14H25N3OS/c1-4-7-15-11(2)13-10-19-14(16-13)17-8-5-12(18-3)6-9-17/h10-12,15H,4-9H2,1-3H3. The van der Waals surface area contributed by atoms with Crippen molar-refractivity contribution in [3.8, 4) is 0 Å². The van der Waals surface area contributed by atoms with Gasteiger partial charge in [0.15, 0.2) is 5.13 Å². The van der Waals surface area contributed by atoms with Crippen molar-refractivity contribution in [2.24, 2.45) is 0 Å². The highest BCUT2D eigenvalue weighted by Crippen LogP contribution is 2.27. The van der Waals surface area contributed by atoms with E-state index in [0.29, 0.717) is 12.1 Å². The molecule has 0 aromatic carbocycles. The molecule has 0 saturated carbocycles. The van der Waals surface area contributed by atoms with E-state index in [-0.39, 0.29) is 0 Å². The van der Waals surface area contributed by atoms with Crippen molar-refractivity contribution < 1.29 is 4.74 Å². The summed E-state index contributed by atoms with van der Waals surface area (Å²) in [5.41, 5.74) is 1.17. The van der Waals surface area contributed by atoms with Gasteiger partial charge in [0, 0.05) is 31.6 Å². The molecular weight excluding hydrogens is 258 g/mol. The fourth-order valence-corrected chi connectivity index (χ4v) is 3.34. The summed E-state index contributed by atoms with van der Waals surface area (Å²) in [6.07, 6.45) is 3.80.